The summed E-state index contributed by atoms with van der Waals surface area (Å²) in [4.78, 5) is 14.3. The zero-order valence-electron chi connectivity index (χ0n) is 10.6. The third-order valence-corrected chi connectivity index (χ3v) is 3.28. The molecule has 1 saturated heterocycles. The lowest BCUT2D eigenvalue weighted by Gasteiger charge is -2.28. The first-order valence-electron chi connectivity index (χ1n) is 6.21. The number of piperidine rings is 1. The number of aryl methyl sites for hydroxylation is 1. The summed E-state index contributed by atoms with van der Waals surface area (Å²) >= 11 is 0. The Morgan fingerprint density at radius 1 is 1.47 bits per heavy atom. The molecule has 1 amide bonds. The van der Waals surface area contributed by atoms with Crippen molar-refractivity contribution in [3.05, 3.63) is 29.8 Å². The number of amides is 1. The van der Waals surface area contributed by atoms with Crippen molar-refractivity contribution in [1.82, 2.24) is 4.90 Å². The van der Waals surface area contributed by atoms with Gasteiger partial charge in [0.1, 0.15) is 0 Å². The van der Waals surface area contributed by atoms with Gasteiger partial charge in [0.25, 0.3) is 0 Å². The van der Waals surface area contributed by atoms with Gasteiger partial charge in [0.2, 0.25) is 5.91 Å². The Morgan fingerprint density at radius 2 is 2.29 bits per heavy atom. The van der Waals surface area contributed by atoms with Crippen molar-refractivity contribution in [2.75, 3.05) is 25.5 Å². The van der Waals surface area contributed by atoms with Crippen LogP contribution in [0.5, 0.6) is 0 Å². The normalized spacial score (nSPS) is 21.2. The highest BCUT2D eigenvalue weighted by Crippen LogP contribution is 2.18. The zero-order valence-corrected chi connectivity index (χ0v) is 10.6. The van der Waals surface area contributed by atoms with Crippen molar-refractivity contribution >= 4 is 11.6 Å². The maximum absolute atomic E-state index is 12.1. The smallest absolute Gasteiger partial charge is 0.228 e. The fraction of sp³-hybridized carbons (Fsp3) is 0.500. The molecular weight excluding hydrogens is 212 g/mol. The van der Waals surface area contributed by atoms with E-state index in [4.69, 9.17) is 0 Å². The molecule has 0 radical (unpaired) electrons. The monoisotopic (exact) mass is 232 g/mol. The number of benzene rings is 1. The number of nitrogens with zero attached hydrogens (tertiary/aromatic N) is 1. The molecule has 0 unspecified atom stereocenters. The predicted molar refractivity (Wildman–Crippen MR) is 70.0 cm³/mol. The number of anilines is 1. The molecular formula is C14H20N2O. The summed E-state index contributed by atoms with van der Waals surface area (Å²) in [6, 6.07) is 7.95. The Balaban J connectivity index is 1.96. The molecule has 0 saturated carbocycles. The Morgan fingerprint density at radius 3 is 3.00 bits per heavy atom. The molecule has 0 aliphatic carbocycles. The summed E-state index contributed by atoms with van der Waals surface area (Å²) in [6.07, 6.45) is 2.12. The van der Waals surface area contributed by atoms with Gasteiger partial charge in [0.05, 0.1) is 5.92 Å². The highest BCUT2D eigenvalue weighted by atomic mass is 16.1. The minimum atomic E-state index is 0.134. The van der Waals surface area contributed by atoms with Gasteiger partial charge in [-0.1, -0.05) is 12.1 Å². The van der Waals surface area contributed by atoms with Crippen LogP contribution < -0.4 is 5.32 Å². The van der Waals surface area contributed by atoms with E-state index in [1.54, 1.807) is 0 Å². The summed E-state index contributed by atoms with van der Waals surface area (Å²) < 4.78 is 0. The van der Waals surface area contributed by atoms with Crippen LogP contribution in [0, 0.1) is 12.8 Å². The molecule has 1 aliphatic heterocycles. The summed E-state index contributed by atoms with van der Waals surface area (Å²) in [5.74, 6) is 0.288. The second-order valence-electron chi connectivity index (χ2n) is 4.96. The summed E-state index contributed by atoms with van der Waals surface area (Å²) in [6.45, 7) is 4.01. The number of carbonyl (C=O) groups is 1. The number of rotatable bonds is 2. The van der Waals surface area contributed by atoms with Crippen molar-refractivity contribution in [2.24, 2.45) is 5.92 Å². The lowest BCUT2D eigenvalue weighted by molar-refractivity contribution is -0.121. The van der Waals surface area contributed by atoms with Crippen LogP contribution in [0.3, 0.4) is 0 Å². The van der Waals surface area contributed by atoms with Crippen LogP contribution in [0.15, 0.2) is 24.3 Å². The molecule has 1 N–H and O–H groups in total. The van der Waals surface area contributed by atoms with Gasteiger partial charge in [-0.15, -0.1) is 0 Å². The summed E-state index contributed by atoms with van der Waals surface area (Å²) in [7, 11) is 2.08. The van der Waals surface area contributed by atoms with E-state index in [0.29, 0.717) is 0 Å². The first-order valence-corrected chi connectivity index (χ1v) is 6.21. The van der Waals surface area contributed by atoms with Crippen molar-refractivity contribution in [3.63, 3.8) is 0 Å². The molecule has 0 aromatic heterocycles. The number of hydrogen-bond donors (Lipinski definition) is 1. The number of hydrogen-bond acceptors (Lipinski definition) is 2. The van der Waals surface area contributed by atoms with Crippen molar-refractivity contribution in [2.45, 2.75) is 19.8 Å². The Labute approximate surface area is 103 Å². The van der Waals surface area contributed by atoms with Crippen LogP contribution in [0.1, 0.15) is 18.4 Å². The second-order valence-corrected chi connectivity index (χ2v) is 4.96. The average molecular weight is 232 g/mol. The molecule has 2 rings (SSSR count). The van der Waals surface area contributed by atoms with Crippen LogP contribution in [0.2, 0.25) is 0 Å². The van der Waals surface area contributed by atoms with Crippen LogP contribution >= 0.6 is 0 Å². The predicted octanol–water partition coefficient (Wildman–Crippen LogP) is 2.28. The van der Waals surface area contributed by atoms with Crippen LogP contribution in [0.4, 0.5) is 5.69 Å². The van der Waals surface area contributed by atoms with E-state index in [1.807, 2.05) is 31.2 Å². The molecule has 3 heteroatoms. The first-order chi connectivity index (χ1) is 8.15. The first kappa shape index (κ1) is 12.1. The third-order valence-electron chi connectivity index (χ3n) is 3.28. The number of likely N-dealkylation sites (tertiary alicyclic amines) is 1. The summed E-state index contributed by atoms with van der Waals surface area (Å²) in [5, 5.41) is 3.01. The summed E-state index contributed by atoms with van der Waals surface area (Å²) in [5.41, 5.74) is 2.08. The van der Waals surface area contributed by atoms with E-state index >= 15 is 0 Å². The van der Waals surface area contributed by atoms with E-state index in [2.05, 4.69) is 17.3 Å². The van der Waals surface area contributed by atoms with Gasteiger partial charge in [-0.2, -0.15) is 0 Å². The quantitative estimate of drug-likeness (QED) is 0.848. The third kappa shape index (κ3) is 3.30. The molecule has 92 valence electrons. The molecule has 0 spiro atoms. The largest absolute Gasteiger partial charge is 0.326 e. The number of carbonyl (C=O) groups excluding carboxylic acids is 1. The highest BCUT2D eigenvalue weighted by Gasteiger charge is 2.23. The highest BCUT2D eigenvalue weighted by molar-refractivity contribution is 5.92. The maximum atomic E-state index is 12.1. The Bertz CT molecular complexity index is 403. The SMILES string of the molecule is Cc1cccc(NC(=O)[C@H]2CCCN(C)C2)c1. The maximum Gasteiger partial charge on any atom is 0.228 e. The van der Waals surface area contributed by atoms with Gasteiger partial charge in [-0.3, -0.25) is 4.79 Å². The van der Waals surface area contributed by atoms with E-state index < -0.39 is 0 Å². The fourth-order valence-corrected chi connectivity index (χ4v) is 2.35. The van der Waals surface area contributed by atoms with Gasteiger partial charge in [-0.25, -0.2) is 0 Å². The van der Waals surface area contributed by atoms with Crippen LogP contribution in [-0.4, -0.2) is 30.9 Å². The van der Waals surface area contributed by atoms with Crippen molar-refractivity contribution in [1.29, 1.82) is 0 Å². The molecule has 1 aromatic rings. The lowest BCUT2D eigenvalue weighted by atomic mass is 9.97. The van der Waals surface area contributed by atoms with E-state index in [9.17, 15) is 4.79 Å². The van der Waals surface area contributed by atoms with Gasteiger partial charge < -0.3 is 10.2 Å². The van der Waals surface area contributed by atoms with Gasteiger partial charge >= 0.3 is 0 Å². The number of nitrogens with one attached hydrogen (secondary N) is 1. The zero-order chi connectivity index (χ0) is 12.3. The molecule has 3 nitrogen and oxygen atoms in total. The standard InChI is InChI=1S/C14H20N2O/c1-11-5-3-7-13(9-11)15-14(17)12-6-4-8-16(2)10-12/h3,5,7,9,12H,4,6,8,10H2,1-2H3,(H,15,17)/t12-/m0/s1. The van der Waals surface area contributed by atoms with Gasteiger partial charge in [-0.05, 0) is 51.1 Å². The van der Waals surface area contributed by atoms with Crippen molar-refractivity contribution < 1.29 is 4.79 Å². The molecule has 1 heterocycles. The molecule has 17 heavy (non-hydrogen) atoms. The Kier molecular flexibility index (Phi) is 3.79. The molecule has 1 aliphatic rings. The van der Waals surface area contributed by atoms with Crippen LogP contribution in [0.25, 0.3) is 0 Å². The van der Waals surface area contributed by atoms with Gasteiger partial charge in [0.15, 0.2) is 0 Å². The molecule has 1 aromatic carbocycles. The molecule has 1 fully saturated rings. The van der Waals surface area contributed by atoms with E-state index in [-0.39, 0.29) is 11.8 Å². The molecule has 0 bridgehead atoms. The van der Waals surface area contributed by atoms with Gasteiger partial charge in [0, 0.05) is 12.2 Å². The van der Waals surface area contributed by atoms with Crippen LogP contribution in [-0.2, 0) is 4.79 Å². The molecule has 1 atom stereocenters. The Hall–Kier alpha value is -1.35. The minimum absolute atomic E-state index is 0.134. The minimum Gasteiger partial charge on any atom is -0.326 e. The van der Waals surface area contributed by atoms with E-state index in [0.717, 1.165) is 31.6 Å². The van der Waals surface area contributed by atoms with Crippen molar-refractivity contribution in [3.8, 4) is 0 Å². The lowest BCUT2D eigenvalue weighted by Crippen LogP contribution is -2.38. The topological polar surface area (TPSA) is 32.3 Å². The average Bonchev–Trinajstić information content (AvgIpc) is 2.29. The van der Waals surface area contributed by atoms with E-state index in [1.165, 1.54) is 5.56 Å². The fourth-order valence-electron chi connectivity index (χ4n) is 2.35. The second kappa shape index (κ2) is 5.32.